The van der Waals surface area contributed by atoms with Gasteiger partial charge in [0.15, 0.2) is 0 Å². The van der Waals surface area contributed by atoms with E-state index in [1.165, 1.54) is 0 Å². The van der Waals surface area contributed by atoms with Crippen LogP contribution in [-0.2, 0) is 4.74 Å². The zero-order valence-electron chi connectivity index (χ0n) is 11.7. The highest BCUT2D eigenvalue weighted by atomic mass is 16.5. The van der Waals surface area contributed by atoms with Gasteiger partial charge in [-0.2, -0.15) is 0 Å². The third kappa shape index (κ3) is 3.57. The molecule has 0 N–H and O–H groups in total. The first-order valence-electron chi connectivity index (χ1n) is 6.88. The van der Waals surface area contributed by atoms with Crippen LogP contribution in [0.4, 0.5) is 0 Å². The molecular weight excluding hydrogens is 234 g/mol. The lowest BCUT2D eigenvalue weighted by Crippen LogP contribution is -2.00. The Bertz CT molecular complexity index is 503. The van der Waals surface area contributed by atoms with Crippen molar-refractivity contribution in [1.29, 1.82) is 0 Å². The van der Waals surface area contributed by atoms with E-state index in [1.807, 2.05) is 18.4 Å². The topological polar surface area (TPSA) is 21.6 Å². The summed E-state index contributed by atoms with van der Waals surface area (Å²) in [4.78, 5) is 4.51. The van der Waals surface area contributed by atoms with Crippen LogP contribution in [0.5, 0.6) is 0 Å². The maximum absolute atomic E-state index is 5.69. The molecule has 0 amide bonds. The average molecular weight is 255 g/mol. The van der Waals surface area contributed by atoms with Gasteiger partial charge in [-0.05, 0) is 36.5 Å². The van der Waals surface area contributed by atoms with Crippen molar-refractivity contribution < 1.29 is 4.74 Å². The smallest absolute Gasteiger partial charge is 0.111 e. The number of nitrogens with zero attached hydrogens (tertiary/aromatic N) is 1. The first-order chi connectivity index (χ1) is 9.20. The lowest BCUT2D eigenvalue weighted by molar-refractivity contribution is 0.328. The molecule has 1 heterocycles. The minimum absolute atomic E-state index is 0.485. The van der Waals surface area contributed by atoms with Gasteiger partial charge >= 0.3 is 0 Å². The van der Waals surface area contributed by atoms with E-state index in [-0.39, 0.29) is 0 Å². The van der Waals surface area contributed by atoms with Crippen molar-refractivity contribution in [1.82, 2.24) is 0 Å². The van der Waals surface area contributed by atoms with Gasteiger partial charge in [0.1, 0.15) is 5.76 Å². The Morgan fingerprint density at radius 2 is 2.32 bits per heavy atom. The third-order valence-electron chi connectivity index (χ3n) is 3.36. The Morgan fingerprint density at radius 3 is 3.11 bits per heavy atom. The van der Waals surface area contributed by atoms with Crippen LogP contribution in [0.25, 0.3) is 0 Å². The molecule has 1 atom stereocenters. The molecule has 19 heavy (non-hydrogen) atoms. The van der Waals surface area contributed by atoms with Crippen molar-refractivity contribution in [3.8, 4) is 0 Å². The van der Waals surface area contributed by atoms with Crippen LogP contribution in [0.15, 0.2) is 64.7 Å². The molecule has 0 fully saturated rings. The number of ether oxygens (including phenoxy) is 1. The number of hydrogen-bond acceptors (Lipinski definition) is 2. The van der Waals surface area contributed by atoms with E-state index in [4.69, 9.17) is 4.74 Å². The molecule has 2 aliphatic rings. The molecule has 0 aromatic heterocycles. The van der Waals surface area contributed by atoms with Crippen molar-refractivity contribution >= 4 is 6.21 Å². The molecule has 1 aliphatic carbocycles. The summed E-state index contributed by atoms with van der Waals surface area (Å²) in [7, 11) is 0. The van der Waals surface area contributed by atoms with Gasteiger partial charge in [-0.15, -0.1) is 0 Å². The van der Waals surface area contributed by atoms with Crippen molar-refractivity contribution in [2.45, 2.75) is 33.1 Å². The summed E-state index contributed by atoms with van der Waals surface area (Å²) in [5.41, 5.74) is 2.94. The van der Waals surface area contributed by atoms with Crippen LogP contribution in [0.3, 0.4) is 0 Å². The summed E-state index contributed by atoms with van der Waals surface area (Å²) in [6.45, 7) is 8.44. The second-order valence-electron chi connectivity index (χ2n) is 4.96. The highest BCUT2D eigenvalue weighted by Gasteiger charge is 2.13. The van der Waals surface area contributed by atoms with Gasteiger partial charge in [-0.3, -0.25) is 4.99 Å². The molecule has 2 rings (SSSR count). The Morgan fingerprint density at radius 1 is 1.47 bits per heavy atom. The monoisotopic (exact) mass is 255 g/mol. The lowest BCUT2D eigenvalue weighted by Gasteiger charge is -2.17. The quantitative estimate of drug-likeness (QED) is 0.670. The molecule has 0 spiro atoms. The van der Waals surface area contributed by atoms with Gasteiger partial charge in [-0.25, -0.2) is 0 Å². The zero-order chi connectivity index (χ0) is 13.7. The standard InChI is InChI=1S/C17H21NO/c1-4-13(2)12-18-15-9-10-19-17-8-6-5-7-16(17)14(3)11-15/h5,7,9-13H,3-4,6,8H2,1-2H3/b10-9-,15-11+,18-12?. The minimum Gasteiger partial charge on any atom is -0.469 e. The maximum Gasteiger partial charge on any atom is 0.111 e. The van der Waals surface area contributed by atoms with Crippen LogP contribution in [0.1, 0.15) is 33.1 Å². The summed E-state index contributed by atoms with van der Waals surface area (Å²) in [5, 5.41) is 0. The van der Waals surface area contributed by atoms with Crippen molar-refractivity contribution in [2.24, 2.45) is 10.9 Å². The Hall–Kier alpha value is -1.83. The van der Waals surface area contributed by atoms with E-state index in [0.29, 0.717) is 5.92 Å². The van der Waals surface area contributed by atoms with Gasteiger partial charge in [0.25, 0.3) is 0 Å². The molecule has 2 heteroatoms. The van der Waals surface area contributed by atoms with E-state index in [1.54, 1.807) is 6.26 Å². The number of allylic oxidation sites excluding steroid dienone is 7. The predicted octanol–water partition coefficient (Wildman–Crippen LogP) is 4.69. The Balaban J connectivity index is 2.23. The summed E-state index contributed by atoms with van der Waals surface area (Å²) < 4.78 is 5.69. The number of rotatable bonds is 3. The van der Waals surface area contributed by atoms with E-state index in [9.17, 15) is 0 Å². The molecule has 0 aromatic carbocycles. The van der Waals surface area contributed by atoms with Crippen molar-refractivity contribution in [3.05, 3.63) is 59.7 Å². The maximum atomic E-state index is 5.69. The summed E-state index contributed by atoms with van der Waals surface area (Å²) in [5.74, 6) is 1.49. The van der Waals surface area contributed by atoms with Gasteiger partial charge in [0.2, 0.25) is 0 Å². The second kappa shape index (κ2) is 6.37. The van der Waals surface area contributed by atoms with E-state index < -0.39 is 0 Å². The van der Waals surface area contributed by atoms with Crippen molar-refractivity contribution in [2.75, 3.05) is 0 Å². The molecule has 0 radical (unpaired) electrons. The van der Waals surface area contributed by atoms with Crippen LogP contribution in [0, 0.1) is 5.92 Å². The van der Waals surface area contributed by atoms with Gasteiger partial charge in [0, 0.05) is 18.2 Å². The van der Waals surface area contributed by atoms with Gasteiger partial charge in [-0.1, -0.05) is 32.6 Å². The molecule has 2 nitrogen and oxygen atoms in total. The van der Waals surface area contributed by atoms with Gasteiger partial charge in [0.05, 0.1) is 12.0 Å². The van der Waals surface area contributed by atoms with E-state index in [0.717, 1.165) is 41.9 Å². The minimum atomic E-state index is 0.485. The molecular formula is C17H21NO. The van der Waals surface area contributed by atoms with Gasteiger partial charge < -0.3 is 4.74 Å². The molecule has 1 unspecified atom stereocenters. The largest absolute Gasteiger partial charge is 0.469 e. The Labute approximate surface area is 115 Å². The molecule has 0 saturated carbocycles. The lowest BCUT2D eigenvalue weighted by atomic mass is 9.97. The SMILES string of the molecule is C=C1/C=C(N=CC(C)CC)\C=C/OC2=C1C=CCC2. The predicted molar refractivity (Wildman–Crippen MR) is 80.8 cm³/mol. The fourth-order valence-corrected chi connectivity index (χ4v) is 1.94. The highest BCUT2D eigenvalue weighted by molar-refractivity contribution is 5.63. The van der Waals surface area contributed by atoms with E-state index >= 15 is 0 Å². The van der Waals surface area contributed by atoms with Crippen LogP contribution < -0.4 is 0 Å². The molecule has 1 aliphatic heterocycles. The average Bonchev–Trinajstić information content (AvgIpc) is 2.42. The van der Waals surface area contributed by atoms with E-state index in [2.05, 4.69) is 37.6 Å². The first kappa shape index (κ1) is 13.6. The fraction of sp³-hybridized carbons (Fsp3) is 0.353. The fourth-order valence-electron chi connectivity index (χ4n) is 1.94. The van der Waals surface area contributed by atoms with Crippen LogP contribution in [-0.4, -0.2) is 6.21 Å². The summed E-state index contributed by atoms with van der Waals surface area (Å²) in [6.07, 6.45) is 14.9. The molecule has 100 valence electrons. The normalized spacial score (nSPS) is 25.2. The highest BCUT2D eigenvalue weighted by Crippen LogP contribution is 2.28. The third-order valence-corrected chi connectivity index (χ3v) is 3.36. The Kier molecular flexibility index (Phi) is 4.56. The zero-order valence-corrected chi connectivity index (χ0v) is 11.7. The van der Waals surface area contributed by atoms with Crippen LogP contribution >= 0.6 is 0 Å². The number of hydrogen-bond donors (Lipinski definition) is 0. The molecule has 0 bridgehead atoms. The second-order valence-corrected chi connectivity index (χ2v) is 4.96. The molecule has 0 aromatic rings. The summed E-state index contributed by atoms with van der Waals surface area (Å²) in [6, 6.07) is 0. The first-order valence-corrected chi connectivity index (χ1v) is 6.88. The molecule has 0 saturated heterocycles. The van der Waals surface area contributed by atoms with Crippen LogP contribution in [0.2, 0.25) is 0 Å². The summed E-state index contributed by atoms with van der Waals surface area (Å²) >= 11 is 0. The van der Waals surface area contributed by atoms with Crippen molar-refractivity contribution in [3.63, 3.8) is 0 Å². The number of aliphatic imine (C=N–C) groups is 1.